The van der Waals surface area contributed by atoms with E-state index in [1.54, 1.807) is 42.5 Å². The first-order chi connectivity index (χ1) is 13.3. The fourth-order valence-corrected chi connectivity index (χ4v) is 3.34. The summed E-state index contributed by atoms with van der Waals surface area (Å²) in [5.41, 5.74) is 2.21. The number of ether oxygens (including phenoxy) is 2. The molecule has 0 saturated heterocycles. The third kappa shape index (κ3) is 4.39. The van der Waals surface area contributed by atoms with E-state index in [9.17, 15) is 13.2 Å². The van der Waals surface area contributed by atoms with Crippen LogP contribution in [0.25, 0.3) is 0 Å². The predicted octanol–water partition coefficient (Wildman–Crippen LogP) is 3.67. The van der Waals surface area contributed by atoms with Crippen LogP contribution in [0.15, 0.2) is 71.6 Å². The van der Waals surface area contributed by atoms with Gasteiger partial charge >= 0.3 is 0 Å². The fraction of sp³-hybridized carbons (Fsp3) is 0.0952. The zero-order valence-electron chi connectivity index (χ0n) is 15.4. The summed E-state index contributed by atoms with van der Waals surface area (Å²) >= 11 is 0. The zero-order chi connectivity index (χ0) is 20.3. The summed E-state index contributed by atoms with van der Waals surface area (Å²) in [6.45, 7) is 1.96. The molecular weight excluding hydrogens is 378 g/mol. The van der Waals surface area contributed by atoms with E-state index in [2.05, 4.69) is 0 Å². The molecule has 3 aromatic rings. The van der Waals surface area contributed by atoms with E-state index in [1.165, 1.54) is 19.2 Å². The van der Waals surface area contributed by atoms with Crippen LogP contribution < -0.4 is 14.6 Å². The van der Waals surface area contributed by atoms with E-state index in [-0.39, 0.29) is 22.2 Å². The minimum absolute atomic E-state index is 0.0903. The molecule has 0 atom stereocenters. The highest BCUT2D eigenvalue weighted by Crippen LogP contribution is 2.30. The Kier molecular flexibility index (Phi) is 5.48. The van der Waals surface area contributed by atoms with Crippen molar-refractivity contribution in [3.05, 3.63) is 83.4 Å². The Bertz CT molecular complexity index is 1100. The quantitative estimate of drug-likeness (QED) is 0.640. The fourth-order valence-electron chi connectivity index (χ4n) is 2.62. The number of hydrogen-bond acceptors (Lipinski definition) is 5. The number of hydrogen-bond donors (Lipinski definition) is 1. The molecule has 0 radical (unpaired) electrons. The largest absolute Gasteiger partial charge is 0.495 e. The van der Waals surface area contributed by atoms with E-state index in [0.29, 0.717) is 16.9 Å². The maximum absolute atomic E-state index is 12.5. The number of methoxy groups -OCH3 is 1. The molecule has 0 unspecified atom stereocenters. The minimum Gasteiger partial charge on any atom is -0.495 e. The van der Waals surface area contributed by atoms with Crippen molar-refractivity contribution >= 4 is 15.8 Å². The Morgan fingerprint density at radius 2 is 1.39 bits per heavy atom. The highest BCUT2D eigenvalue weighted by molar-refractivity contribution is 7.89. The summed E-state index contributed by atoms with van der Waals surface area (Å²) in [6, 6.07) is 18.3. The topological polar surface area (TPSA) is 95.7 Å². The van der Waals surface area contributed by atoms with Crippen LogP contribution in [0.1, 0.15) is 21.5 Å². The molecule has 7 heteroatoms. The number of carbonyl (C=O) groups excluding carboxylic acids is 1. The van der Waals surface area contributed by atoms with Gasteiger partial charge in [0, 0.05) is 17.2 Å². The summed E-state index contributed by atoms with van der Waals surface area (Å²) in [5, 5.41) is 5.21. The standard InChI is InChI=1S/C21H19NO5S/c1-14-3-5-15(6-4-14)21(23)16-7-9-17(10-8-16)27-18-11-12-19(26-2)20(13-18)28(22,24)25/h3-13H,1-2H3,(H2,22,24,25). The number of aryl methyl sites for hydroxylation is 1. The third-order valence-corrected chi connectivity index (χ3v) is 5.04. The molecule has 0 saturated carbocycles. The van der Waals surface area contributed by atoms with E-state index in [0.717, 1.165) is 5.56 Å². The average Bonchev–Trinajstić information content (AvgIpc) is 2.68. The van der Waals surface area contributed by atoms with Crippen molar-refractivity contribution in [2.75, 3.05) is 7.11 Å². The van der Waals surface area contributed by atoms with Crippen LogP contribution in [-0.2, 0) is 10.0 Å². The van der Waals surface area contributed by atoms with Gasteiger partial charge in [0.25, 0.3) is 0 Å². The summed E-state index contributed by atoms with van der Waals surface area (Å²) in [4.78, 5) is 12.3. The van der Waals surface area contributed by atoms with Gasteiger partial charge in [-0.2, -0.15) is 0 Å². The third-order valence-electron chi connectivity index (χ3n) is 4.11. The van der Waals surface area contributed by atoms with Crippen molar-refractivity contribution in [2.24, 2.45) is 5.14 Å². The van der Waals surface area contributed by atoms with Gasteiger partial charge in [0.05, 0.1) is 7.11 Å². The zero-order valence-corrected chi connectivity index (χ0v) is 16.2. The van der Waals surface area contributed by atoms with Gasteiger partial charge in [-0.05, 0) is 43.3 Å². The summed E-state index contributed by atoms with van der Waals surface area (Å²) in [5.74, 6) is 0.773. The molecule has 3 aromatic carbocycles. The van der Waals surface area contributed by atoms with Crippen LogP contribution in [0, 0.1) is 6.92 Å². The van der Waals surface area contributed by atoms with Crippen LogP contribution in [0.3, 0.4) is 0 Å². The van der Waals surface area contributed by atoms with Gasteiger partial charge in [0.1, 0.15) is 22.1 Å². The van der Waals surface area contributed by atoms with E-state index in [4.69, 9.17) is 14.6 Å². The lowest BCUT2D eigenvalue weighted by Gasteiger charge is -2.11. The minimum atomic E-state index is -3.96. The van der Waals surface area contributed by atoms with Gasteiger partial charge in [-0.15, -0.1) is 0 Å². The second-order valence-electron chi connectivity index (χ2n) is 6.18. The SMILES string of the molecule is COc1ccc(Oc2ccc(C(=O)c3ccc(C)cc3)cc2)cc1S(N)(=O)=O. The summed E-state index contributed by atoms with van der Waals surface area (Å²) in [7, 11) is -2.61. The highest BCUT2D eigenvalue weighted by atomic mass is 32.2. The molecule has 0 aliphatic rings. The molecule has 0 amide bonds. The van der Waals surface area contributed by atoms with Gasteiger partial charge in [0.15, 0.2) is 5.78 Å². The molecule has 0 bridgehead atoms. The second-order valence-corrected chi connectivity index (χ2v) is 7.71. The smallest absolute Gasteiger partial charge is 0.241 e. The maximum Gasteiger partial charge on any atom is 0.241 e. The van der Waals surface area contributed by atoms with Crippen molar-refractivity contribution in [3.8, 4) is 17.2 Å². The molecule has 0 aliphatic heterocycles. The molecule has 2 N–H and O–H groups in total. The first-order valence-electron chi connectivity index (χ1n) is 8.38. The molecule has 3 rings (SSSR count). The molecule has 0 aromatic heterocycles. The van der Waals surface area contributed by atoms with Crippen LogP contribution in [0.2, 0.25) is 0 Å². The van der Waals surface area contributed by atoms with Gasteiger partial charge < -0.3 is 9.47 Å². The Morgan fingerprint density at radius 3 is 1.93 bits per heavy atom. The number of benzene rings is 3. The van der Waals surface area contributed by atoms with E-state index in [1.807, 2.05) is 19.1 Å². The molecule has 0 fully saturated rings. The molecule has 0 spiro atoms. The lowest BCUT2D eigenvalue weighted by molar-refractivity contribution is 0.103. The van der Waals surface area contributed by atoms with Crippen molar-refractivity contribution in [1.29, 1.82) is 0 Å². The highest BCUT2D eigenvalue weighted by Gasteiger charge is 2.16. The number of carbonyl (C=O) groups is 1. The Morgan fingerprint density at radius 1 is 0.857 bits per heavy atom. The number of sulfonamides is 1. The number of nitrogens with two attached hydrogens (primary N) is 1. The Labute approximate surface area is 163 Å². The number of primary sulfonamides is 1. The first-order valence-corrected chi connectivity index (χ1v) is 9.92. The summed E-state index contributed by atoms with van der Waals surface area (Å²) < 4.78 is 34.1. The normalized spacial score (nSPS) is 11.1. The monoisotopic (exact) mass is 397 g/mol. The van der Waals surface area contributed by atoms with E-state index < -0.39 is 10.0 Å². The van der Waals surface area contributed by atoms with Crippen LogP contribution in [-0.4, -0.2) is 21.3 Å². The van der Waals surface area contributed by atoms with Gasteiger partial charge in [-0.25, -0.2) is 13.6 Å². The van der Waals surface area contributed by atoms with Crippen molar-refractivity contribution in [2.45, 2.75) is 11.8 Å². The lowest BCUT2D eigenvalue weighted by Crippen LogP contribution is -2.13. The maximum atomic E-state index is 12.5. The molecule has 28 heavy (non-hydrogen) atoms. The van der Waals surface area contributed by atoms with Crippen molar-refractivity contribution < 1.29 is 22.7 Å². The van der Waals surface area contributed by atoms with Crippen LogP contribution >= 0.6 is 0 Å². The predicted molar refractivity (Wildman–Crippen MR) is 105 cm³/mol. The summed E-state index contributed by atoms with van der Waals surface area (Å²) in [6.07, 6.45) is 0. The van der Waals surface area contributed by atoms with Crippen molar-refractivity contribution in [1.82, 2.24) is 0 Å². The van der Waals surface area contributed by atoms with E-state index >= 15 is 0 Å². The first kappa shape index (κ1) is 19.6. The Balaban J connectivity index is 1.81. The molecule has 6 nitrogen and oxygen atoms in total. The molecular formula is C21H19NO5S. The van der Waals surface area contributed by atoms with Crippen LogP contribution in [0.4, 0.5) is 0 Å². The van der Waals surface area contributed by atoms with Gasteiger partial charge in [0.2, 0.25) is 10.0 Å². The molecule has 144 valence electrons. The van der Waals surface area contributed by atoms with Gasteiger partial charge in [-0.3, -0.25) is 4.79 Å². The molecule has 0 aliphatic carbocycles. The van der Waals surface area contributed by atoms with Crippen LogP contribution in [0.5, 0.6) is 17.2 Å². The number of ketones is 1. The molecule has 0 heterocycles. The van der Waals surface area contributed by atoms with Gasteiger partial charge in [-0.1, -0.05) is 29.8 Å². The average molecular weight is 397 g/mol. The Hall–Kier alpha value is -3.16. The number of rotatable bonds is 6. The second kappa shape index (κ2) is 7.84. The lowest BCUT2D eigenvalue weighted by atomic mass is 10.0. The van der Waals surface area contributed by atoms with Crippen molar-refractivity contribution in [3.63, 3.8) is 0 Å².